The van der Waals surface area contributed by atoms with E-state index in [0.29, 0.717) is 11.6 Å². The first kappa shape index (κ1) is 16.8. The summed E-state index contributed by atoms with van der Waals surface area (Å²) in [6.07, 6.45) is 2.99. The number of rotatable bonds is 4. The number of benzene rings is 1. The van der Waals surface area contributed by atoms with Crippen molar-refractivity contribution >= 4 is 17.4 Å². The number of carbonyl (C=O) groups excluding carboxylic acids is 2. The van der Waals surface area contributed by atoms with Crippen LogP contribution in [0.3, 0.4) is 0 Å². The second kappa shape index (κ2) is 6.43. The molecular weight excluding hydrogens is 330 g/mol. The average molecular weight is 344 g/mol. The fourth-order valence-electron chi connectivity index (χ4n) is 2.86. The molecule has 1 unspecified atom stereocenters. The molecule has 0 radical (unpaired) electrons. The zero-order valence-corrected chi connectivity index (χ0v) is 13.2. The first-order valence-corrected chi connectivity index (χ1v) is 7.60. The fraction of sp³-hybridized carbons (Fsp3) is 0.167. The number of aliphatic hydroxyl groups excluding tert-OH is 1. The number of ketones is 1. The molecule has 0 saturated carbocycles. The molecule has 3 rings (SSSR count). The highest BCUT2D eigenvalue weighted by atomic mass is 19.1. The van der Waals surface area contributed by atoms with Gasteiger partial charge in [-0.05, 0) is 23.8 Å². The van der Waals surface area contributed by atoms with E-state index >= 15 is 0 Å². The standard InChI is InChI=1S/C18H14F2N2O3/c1-2-14(23)15-16(10-4-3-7-21-9-10)22(18(25)17(15)24)13-6-5-11(19)8-12(13)20/h3-9,16,24H,2H2,1H3. The molecule has 7 heteroatoms. The Morgan fingerprint density at radius 1 is 1.32 bits per heavy atom. The van der Waals surface area contributed by atoms with Crippen molar-refractivity contribution in [2.45, 2.75) is 19.4 Å². The number of carbonyl (C=O) groups is 2. The summed E-state index contributed by atoms with van der Waals surface area (Å²) in [7, 11) is 0. The first-order valence-electron chi connectivity index (χ1n) is 7.60. The van der Waals surface area contributed by atoms with Gasteiger partial charge in [0.15, 0.2) is 11.5 Å². The van der Waals surface area contributed by atoms with Crippen LogP contribution in [0.4, 0.5) is 14.5 Å². The normalized spacial score (nSPS) is 17.3. The van der Waals surface area contributed by atoms with E-state index in [1.807, 2.05) is 0 Å². The van der Waals surface area contributed by atoms with Gasteiger partial charge >= 0.3 is 0 Å². The van der Waals surface area contributed by atoms with Gasteiger partial charge in [0, 0.05) is 24.9 Å². The second-order valence-electron chi connectivity index (χ2n) is 5.50. The molecule has 1 aromatic carbocycles. The minimum absolute atomic E-state index is 0.0587. The van der Waals surface area contributed by atoms with Gasteiger partial charge in [-0.15, -0.1) is 0 Å². The van der Waals surface area contributed by atoms with Crippen molar-refractivity contribution in [3.05, 3.63) is 71.3 Å². The number of halogens is 2. The number of hydrogen-bond donors (Lipinski definition) is 1. The minimum Gasteiger partial charge on any atom is -0.503 e. The molecule has 5 nitrogen and oxygen atoms in total. The van der Waals surface area contributed by atoms with Gasteiger partial charge in [-0.1, -0.05) is 13.0 Å². The summed E-state index contributed by atoms with van der Waals surface area (Å²) in [6, 6.07) is 4.91. The monoisotopic (exact) mass is 344 g/mol. The van der Waals surface area contributed by atoms with Crippen LogP contribution < -0.4 is 4.90 Å². The third-order valence-electron chi connectivity index (χ3n) is 4.00. The zero-order valence-electron chi connectivity index (χ0n) is 13.2. The van der Waals surface area contributed by atoms with E-state index in [0.717, 1.165) is 17.0 Å². The Balaban J connectivity index is 2.20. The van der Waals surface area contributed by atoms with E-state index in [1.165, 1.54) is 12.4 Å². The number of hydrogen-bond acceptors (Lipinski definition) is 4. The summed E-state index contributed by atoms with van der Waals surface area (Å²) >= 11 is 0. The molecule has 1 aliphatic rings. The predicted molar refractivity (Wildman–Crippen MR) is 85.8 cm³/mol. The number of amides is 1. The molecule has 0 saturated heterocycles. The predicted octanol–water partition coefficient (Wildman–Crippen LogP) is 3.24. The summed E-state index contributed by atoms with van der Waals surface area (Å²) in [5.74, 6) is -3.86. The molecule has 1 atom stereocenters. The Morgan fingerprint density at radius 3 is 2.68 bits per heavy atom. The van der Waals surface area contributed by atoms with E-state index < -0.39 is 35.1 Å². The molecular formula is C18H14F2N2O3. The Labute approximate surface area is 142 Å². The maximum absolute atomic E-state index is 14.3. The summed E-state index contributed by atoms with van der Waals surface area (Å²) in [6.45, 7) is 1.59. The number of aliphatic hydroxyl groups is 1. The lowest BCUT2D eigenvalue weighted by atomic mass is 9.96. The molecule has 128 valence electrons. The van der Waals surface area contributed by atoms with Crippen LogP contribution in [0, 0.1) is 11.6 Å². The van der Waals surface area contributed by atoms with Crippen molar-refractivity contribution in [3.63, 3.8) is 0 Å². The van der Waals surface area contributed by atoms with Gasteiger partial charge in [0.05, 0.1) is 17.3 Å². The van der Waals surface area contributed by atoms with Crippen molar-refractivity contribution in [2.24, 2.45) is 0 Å². The highest BCUT2D eigenvalue weighted by molar-refractivity contribution is 6.16. The average Bonchev–Trinajstić information content (AvgIpc) is 2.87. The van der Waals surface area contributed by atoms with Gasteiger partial charge in [-0.2, -0.15) is 0 Å². The number of pyridine rings is 1. The highest BCUT2D eigenvalue weighted by Crippen LogP contribution is 2.41. The summed E-state index contributed by atoms with van der Waals surface area (Å²) in [4.78, 5) is 29.7. The molecule has 0 aliphatic carbocycles. The topological polar surface area (TPSA) is 70.5 Å². The van der Waals surface area contributed by atoms with Gasteiger partial charge in [0.2, 0.25) is 0 Å². The van der Waals surface area contributed by atoms with Crippen LogP contribution in [-0.2, 0) is 9.59 Å². The number of aromatic nitrogens is 1. The van der Waals surface area contributed by atoms with Crippen LogP contribution in [-0.4, -0.2) is 21.8 Å². The molecule has 2 aromatic rings. The number of anilines is 1. The van der Waals surface area contributed by atoms with E-state index in [9.17, 15) is 23.5 Å². The van der Waals surface area contributed by atoms with Gasteiger partial charge in [0.1, 0.15) is 11.6 Å². The van der Waals surface area contributed by atoms with E-state index in [2.05, 4.69) is 4.98 Å². The molecule has 0 bridgehead atoms. The van der Waals surface area contributed by atoms with Crippen LogP contribution in [0.1, 0.15) is 24.9 Å². The lowest BCUT2D eigenvalue weighted by molar-refractivity contribution is -0.118. The molecule has 1 N–H and O–H groups in total. The molecule has 1 amide bonds. The first-order chi connectivity index (χ1) is 12.0. The van der Waals surface area contributed by atoms with Gasteiger partial charge in [0.25, 0.3) is 5.91 Å². The van der Waals surface area contributed by atoms with Crippen molar-refractivity contribution in [1.82, 2.24) is 4.98 Å². The molecule has 1 aliphatic heterocycles. The Kier molecular flexibility index (Phi) is 4.31. The van der Waals surface area contributed by atoms with Crippen LogP contribution in [0.15, 0.2) is 54.1 Å². The van der Waals surface area contributed by atoms with Gasteiger partial charge < -0.3 is 5.11 Å². The van der Waals surface area contributed by atoms with E-state index in [-0.39, 0.29) is 17.7 Å². The SMILES string of the molecule is CCC(=O)C1=C(O)C(=O)N(c2ccc(F)cc2F)C1c1cccnc1. The van der Waals surface area contributed by atoms with Crippen molar-refractivity contribution < 1.29 is 23.5 Å². The summed E-state index contributed by atoms with van der Waals surface area (Å²) < 4.78 is 27.5. The van der Waals surface area contributed by atoms with Crippen LogP contribution >= 0.6 is 0 Å². The van der Waals surface area contributed by atoms with Crippen molar-refractivity contribution in [2.75, 3.05) is 4.90 Å². The molecule has 0 fully saturated rings. The van der Waals surface area contributed by atoms with Gasteiger partial charge in [-0.25, -0.2) is 8.78 Å². The van der Waals surface area contributed by atoms with E-state index in [4.69, 9.17) is 0 Å². The van der Waals surface area contributed by atoms with Crippen molar-refractivity contribution in [3.8, 4) is 0 Å². The summed E-state index contributed by atoms with van der Waals surface area (Å²) in [5.41, 5.74) is 0.0790. The lowest BCUT2D eigenvalue weighted by Gasteiger charge is -2.26. The van der Waals surface area contributed by atoms with Gasteiger partial charge in [-0.3, -0.25) is 19.5 Å². The number of Topliss-reactive ketones (excluding diaryl/α,β-unsaturated/α-hetero) is 1. The third-order valence-corrected chi connectivity index (χ3v) is 4.00. The van der Waals surface area contributed by atoms with E-state index in [1.54, 1.807) is 19.1 Å². The van der Waals surface area contributed by atoms with Crippen LogP contribution in [0.5, 0.6) is 0 Å². The Hall–Kier alpha value is -3.09. The van der Waals surface area contributed by atoms with Crippen LogP contribution in [0.2, 0.25) is 0 Å². The molecule has 0 spiro atoms. The zero-order chi connectivity index (χ0) is 18.1. The lowest BCUT2D eigenvalue weighted by Crippen LogP contribution is -2.31. The largest absolute Gasteiger partial charge is 0.503 e. The number of nitrogens with zero attached hydrogens (tertiary/aromatic N) is 2. The molecule has 1 aromatic heterocycles. The fourth-order valence-corrected chi connectivity index (χ4v) is 2.86. The Morgan fingerprint density at radius 2 is 2.08 bits per heavy atom. The Bertz CT molecular complexity index is 881. The summed E-state index contributed by atoms with van der Waals surface area (Å²) in [5, 5.41) is 10.2. The van der Waals surface area contributed by atoms with Crippen molar-refractivity contribution in [1.29, 1.82) is 0 Å². The molecule has 2 heterocycles. The maximum atomic E-state index is 14.3. The smallest absolute Gasteiger partial charge is 0.294 e. The highest BCUT2D eigenvalue weighted by Gasteiger charge is 2.44. The molecule has 25 heavy (non-hydrogen) atoms. The third kappa shape index (κ3) is 2.77. The minimum atomic E-state index is -1.03. The second-order valence-corrected chi connectivity index (χ2v) is 5.50. The quantitative estimate of drug-likeness (QED) is 0.924. The van der Waals surface area contributed by atoms with Crippen LogP contribution in [0.25, 0.3) is 0 Å². The maximum Gasteiger partial charge on any atom is 0.294 e.